The van der Waals surface area contributed by atoms with Crippen molar-refractivity contribution in [1.82, 2.24) is 5.32 Å². The van der Waals surface area contributed by atoms with Crippen LogP contribution in [0.3, 0.4) is 0 Å². The molecular formula is C12H24N2O2. The highest BCUT2D eigenvalue weighted by Crippen LogP contribution is 2.37. The van der Waals surface area contributed by atoms with Crippen LogP contribution in [0.4, 0.5) is 0 Å². The zero-order valence-electron chi connectivity index (χ0n) is 10.3. The van der Waals surface area contributed by atoms with E-state index >= 15 is 0 Å². The van der Waals surface area contributed by atoms with Crippen LogP contribution in [0.15, 0.2) is 0 Å². The molecule has 1 amide bonds. The van der Waals surface area contributed by atoms with Crippen LogP contribution in [-0.4, -0.2) is 32.7 Å². The van der Waals surface area contributed by atoms with Gasteiger partial charge in [0.2, 0.25) is 5.91 Å². The Kier molecular flexibility index (Phi) is 5.77. The van der Waals surface area contributed by atoms with Crippen LogP contribution in [0.1, 0.15) is 38.5 Å². The first-order valence-corrected chi connectivity index (χ1v) is 6.22. The molecule has 3 N–H and O–H groups in total. The molecule has 1 fully saturated rings. The number of unbranched alkanes of at least 4 members (excludes halogenated alkanes) is 1. The lowest BCUT2D eigenvalue weighted by atomic mass is 9.85. The summed E-state index contributed by atoms with van der Waals surface area (Å²) in [6, 6.07) is 0. The minimum Gasteiger partial charge on any atom is -0.385 e. The van der Waals surface area contributed by atoms with Crippen molar-refractivity contribution in [3.8, 4) is 0 Å². The summed E-state index contributed by atoms with van der Waals surface area (Å²) < 4.78 is 4.96. The van der Waals surface area contributed by atoms with Crippen molar-refractivity contribution in [3.05, 3.63) is 0 Å². The molecule has 0 bridgehead atoms. The first kappa shape index (κ1) is 13.5. The van der Waals surface area contributed by atoms with Gasteiger partial charge in [0.15, 0.2) is 0 Å². The molecule has 1 aliphatic rings. The number of carbonyl (C=O) groups excluding carboxylic acids is 1. The molecule has 0 atom stereocenters. The Bertz CT molecular complexity index is 213. The Hall–Kier alpha value is -0.610. The number of hydrogen-bond acceptors (Lipinski definition) is 3. The van der Waals surface area contributed by atoms with Gasteiger partial charge in [0.25, 0.3) is 0 Å². The van der Waals surface area contributed by atoms with Crippen LogP contribution in [0.25, 0.3) is 0 Å². The summed E-state index contributed by atoms with van der Waals surface area (Å²) in [5.41, 5.74) is 5.48. The van der Waals surface area contributed by atoms with Crippen molar-refractivity contribution in [2.45, 2.75) is 38.5 Å². The Labute approximate surface area is 97.9 Å². The van der Waals surface area contributed by atoms with E-state index in [2.05, 4.69) is 5.32 Å². The van der Waals surface area contributed by atoms with Gasteiger partial charge in [-0.25, -0.2) is 0 Å². The fourth-order valence-electron chi connectivity index (χ4n) is 2.34. The van der Waals surface area contributed by atoms with Crippen molar-refractivity contribution < 1.29 is 9.53 Å². The molecule has 1 aliphatic carbocycles. The SMILES string of the molecule is COCCCCNC(=O)C1(CN)CCCC1. The zero-order valence-corrected chi connectivity index (χ0v) is 10.3. The van der Waals surface area contributed by atoms with Crippen LogP contribution in [0, 0.1) is 5.41 Å². The maximum atomic E-state index is 12.0. The standard InChI is InChI=1S/C12H24N2O2/c1-16-9-5-4-8-14-11(15)12(10-13)6-2-3-7-12/h2-10,13H2,1H3,(H,14,15). The maximum Gasteiger partial charge on any atom is 0.227 e. The maximum absolute atomic E-state index is 12.0. The summed E-state index contributed by atoms with van der Waals surface area (Å²) in [7, 11) is 1.69. The van der Waals surface area contributed by atoms with E-state index in [4.69, 9.17) is 10.5 Å². The summed E-state index contributed by atoms with van der Waals surface area (Å²) in [6.07, 6.45) is 6.13. The van der Waals surface area contributed by atoms with Gasteiger partial charge in [-0.15, -0.1) is 0 Å². The van der Waals surface area contributed by atoms with E-state index < -0.39 is 0 Å². The molecule has 0 aromatic carbocycles. The Morgan fingerprint density at radius 2 is 2.06 bits per heavy atom. The van der Waals surface area contributed by atoms with Crippen molar-refractivity contribution >= 4 is 5.91 Å². The van der Waals surface area contributed by atoms with Gasteiger partial charge >= 0.3 is 0 Å². The van der Waals surface area contributed by atoms with Gasteiger partial charge in [-0.3, -0.25) is 4.79 Å². The molecule has 4 nitrogen and oxygen atoms in total. The van der Waals surface area contributed by atoms with Crippen LogP contribution >= 0.6 is 0 Å². The second-order valence-electron chi connectivity index (χ2n) is 4.65. The minimum atomic E-state index is -0.263. The molecule has 0 spiro atoms. The van der Waals surface area contributed by atoms with Crippen LogP contribution in [0.2, 0.25) is 0 Å². The van der Waals surface area contributed by atoms with E-state index in [1.54, 1.807) is 7.11 Å². The lowest BCUT2D eigenvalue weighted by molar-refractivity contribution is -0.130. The molecule has 1 rings (SSSR count). The molecular weight excluding hydrogens is 204 g/mol. The first-order chi connectivity index (χ1) is 7.75. The molecule has 94 valence electrons. The van der Waals surface area contributed by atoms with Crippen molar-refractivity contribution in [3.63, 3.8) is 0 Å². The number of nitrogens with one attached hydrogen (secondary N) is 1. The predicted molar refractivity (Wildman–Crippen MR) is 64.1 cm³/mol. The minimum absolute atomic E-state index is 0.157. The molecule has 0 unspecified atom stereocenters. The monoisotopic (exact) mass is 228 g/mol. The Morgan fingerprint density at radius 3 is 2.62 bits per heavy atom. The Balaban J connectivity index is 2.22. The average molecular weight is 228 g/mol. The van der Waals surface area contributed by atoms with E-state index in [9.17, 15) is 4.79 Å². The quantitative estimate of drug-likeness (QED) is 0.640. The molecule has 4 heteroatoms. The smallest absolute Gasteiger partial charge is 0.227 e. The zero-order chi connectivity index (χ0) is 11.9. The van der Waals surface area contributed by atoms with Gasteiger partial charge < -0.3 is 15.8 Å². The number of rotatable bonds is 7. The highest BCUT2D eigenvalue weighted by Gasteiger charge is 2.39. The van der Waals surface area contributed by atoms with E-state index in [1.807, 2.05) is 0 Å². The average Bonchev–Trinajstić information content (AvgIpc) is 2.78. The normalized spacial score (nSPS) is 18.6. The Morgan fingerprint density at radius 1 is 1.38 bits per heavy atom. The van der Waals surface area contributed by atoms with Gasteiger partial charge in [0, 0.05) is 26.8 Å². The number of methoxy groups -OCH3 is 1. The number of hydrogen-bond donors (Lipinski definition) is 2. The van der Waals surface area contributed by atoms with Gasteiger partial charge in [-0.1, -0.05) is 12.8 Å². The third-order valence-corrected chi connectivity index (χ3v) is 3.49. The van der Waals surface area contributed by atoms with Crippen LogP contribution in [0.5, 0.6) is 0 Å². The van der Waals surface area contributed by atoms with Gasteiger partial charge in [-0.05, 0) is 25.7 Å². The van der Waals surface area contributed by atoms with Gasteiger partial charge in [0.05, 0.1) is 5.41 Å². The summed E-state index contributed by atoms with van der Waals surface area (Å²) in [4.78, 5) is 12.0. The second kappa shape index (κ2) is 6.86. The summed E-state index contributed by atoms with van der Waals surface area (Å²) in [5.74, 6) is 0.157. The summed E-state index contributed by atoms with van der Waals surface area (Å²) >= 11 is 0. The van der Waals surface area contributed by atoms with Crippen LogP contribution < -0.4 is 11.1 Å². The number of ether oxygens (including phenoxy) is 1. The molecule has 16 heavy (non-hydrogen) atoms. The van der Waals surface area contributed by atoms with Crippen LogP contribution in [-0.2, 0) is 9.53 Å². The van der Waals surface area contributed by atoms with E-state index in [1.165, 1.54) is 0 Å². The third-order valence-electron chi connectivity index (χ3n) is 3.49. The molecule has 0 aromatic heterocycles. The van der Waals surface area contributed by atoms with Gasteiger partial charge in [-0.2, -0.15) is 0 Å². The predicted octanol–water partition coefficient (Wildman–Crippen LogP) is 1.05. The van der Waals surface area contributed by atoms with E-state index in [-0.39, 0.29) is 11.3 Å². The molecule has 0 heterocycles. The van der Waals surface area contributed by atoms with Crippen molar-refractivity contribution in [1.29, 1.82) is 0 Å². The molecule has 0 radical (unpaired) electrons. The van der Waals surface area contributed by atoms with Gasteiger partial charge in [0.1, 0.15) is 0 Å². The summed E-state index contributed by atoms with van der Waals surface area (Å²) in [6.45, 7) is 1.98. The van der Waals surface area contributed by atoms with E-state index in [0.29, 0.717) is 6.54 Å². The lowest BCUT2D eigenvalue weighted by Crippen LogP contribution is -2.44. The largest absolute Gasteiger partial charge is 0.385 e. The highest BCUT2D eigenvalue weighted by atomic mass is 16.5. The van der Waals surface area contributed by atoms with E-state index in [0.717, 1.165) is 51.7 Å². The molecule has 0 aromatic rings. The van der Waals surface area contributed by atoms with Crippen molar-refractivity contribution in [2.24, 2.45) is 11.1 Å². The highest BCUT2D eigenvalue weighted by molar-refractivity contribution is 5.83. The lowest BCUT2D eigenvalue weighted by Gasteiger charge is -2.25. The molecule has 0 aliphatic heterocycles. The topological polar surface area (TPSA) is 64.3 Å². The molecule has 1 saturated carbocycles. The first-order valence-electron chi connectivity index (χ1n) is 6.22. The fourth-order valence-corrected chi connectivity index (χ4v) is 2.34. The molecule has 0 saturated heterocycles. The summed E-state index contributed by atoms with van der Waals surface area (Å²) in [5, 5.41) is 3.00. The number of carbonyl (C=O) groups is 1. The number of nitrogens with two attached hydrogens (primary N) is 1. The van der Waals surface area contributed by atoms with Crippen molar-refractivity contribution in [2.75, 3.05) is 26.8 Å². The number of amides is 1. The third kappa shape index (κ3) is 3.46. The fraction of sp³-hybridized carbons (Fsp3) is 0.917. The second-order valence-corrected chi connectivity index (χ2v) is 4.65.